The van der Waals surface area contributed by atoms with Crippen molar-refractivity contribution in [3.8, 4) is 5.75 Å². The largest absolute Gasteiger partial charge is 0.493 e. The third-order valence-corrected chi connectivity index (χ3v) is 3.27. The van der Waals surface area contributed by atoms with Crippen molar-refractivity contribution in [2.45, 2.75) is 6.42 Å². The third kappa shape index (κ3) is 2.72. The van der Waals surface area contributed by atoms with Gasteiger partial charge in [-0.25, -0.2) is 4.98 Å². The molecule has 0 saturated heterocycles. The van der Waals surface area contributed by atoms with Crippen LogP contribution in [0.4, 0.5) is 5.82 Å². The number of hydrogen-bond acceptors (Lipinski definition) is 3. The minimum Gasteiger partial charge on any atom is -0.493 e. The summed E-state index contributed by atoms with van der Waals surface area (Å²) in [5, 5.41) is 3.83. The Morgan fingerprint density at radius 2 is 2.14 bits per heavy atom. The van der Waals surface area contributed by atoms with E-state index in [1.165, 1.54) is 0 Å². The van der Waals surface area contributed by atoms with Gasteiger partial charge in [-0.05, 0) is 23.8 Å². The van der Waals surface area contributed by atoms with Gasteiger partial charge < -0.3 is 15.0 Å². The van der Waals surface area contributed by atoms with Gasteiger partial charge in [-0.15, -0.1) is 0 Å². The second-order valence-electron chi connectivity index (χ2n) is 4.64. The summed E-state index contributed by atoms with van der Waals surface area (Å²) in [5.41, 5.74) is 1.98. The number of aromatic nitrogens is 2. The van der Waals surface area contributed by atoms with Crippen LogP contribution in [0.25, 0.3) is 10.9 Å². The first-order chi connectivity index (χ1) is 10.3. The number of fused-ring (bicyclic) bond motifs is 1. The number of nitrogens with zero attached hydrogens (tertiary/aromatic N) is 1. The number of para-hydroxylation sites is 1. The summed E-state index contributed by atoms with van der Waals surface area (Å²) >= 11 is 0. The fourth-order valence-corrected chi connectivity index (χ4v) is 2.28. The first kappa shape index (κ1) is 13.2. The standard InChI is InChI=1S/C16H15N3O2/c1-21-14-7-4-8-17-16(14)19-15(20)9-11-10-18-13-6-3-2-5-12(11)13/h2-8,10,18H,9H2,1H3,(H,17,19,20). The number of pyridine rings is 1. The quantitative estimate of drug-likeness (QED) is 0.772. The molecule has 0 bridgehead atoms. The topological polar surface area (TPSA) is 67.0 Å². The minimum absolute atomic E-state index is 0.128. The Kier molecular flexibility index (Phi) is 3.55. The van der Waals surface area contributed by atoms with Crippen LogP contribution in [0.3, 0.4) is 0 Å². The van der Waals surface area contributed by atoms with Crippen LogP contribution >= 0.6 is 0 Å². The fourth-order valence-electron chi connectivity index (χ4n) is 2.28. The Morgan fingerprint density at radius 1 is 1.29 bits per heavy atom. The number of hydrogen-bond donors (Lipinski definition) is 2. The Morgan fingerprint density at radius 3 is 3.00 bits per heavy atom. The van der Waals surface area contributed by atoms with E-state index < -0.39 is 0 Å². The van der Waals surface area contributed by atoms with Gasteiger partial charge in [-0.1, -0.05) is 18.2 Å². The van der Waals surface area contributed by atoms with Crippen LogP contribution in [0.5, 0.6) is 5.75 Å². The number of ether oxygens (including phenoxy) is 1. The molecule has 0 saturated carbocycles. The number of amides is 1. The molecule has 0 aliphatic carbocycles. The van der Waals surface area contributed by atoms with Crippen molar-refractivity contribution in [1.82, 2.24) is 9.97 Å². The van der Waals surface area contributed by atoms with Gasteiger partial charge in [-0.2, -0.15) is 0 Å². The molecule has 2 heterocycles. The van der Waals surface area contributed by atoms with Crippen molar-refractivity contribution >= 4 is 22.6 Å². The Bertz CT molecular complexity index is 780. The normalized spacial score (nSPS) is 10.5. The summed E-state index contributed by atoms with van der Waals surface area (Å²) in [6.07, 6.45) is 3.76. The highest BCUT2D eigenvalue weighted by Crippen LogP contribution is 2.21. The zero-order chi connectivity index (χ0) is 14.7. The minimum atomic E-state index is -0.128. The molecule has 0 aliphatic rings. The van der Waals surface area contributed by atoms with Gasteiger partial charge >= 0.3 is 0 Å². The summed E-state index contributed by atoms with van der Waals surface area (Å²) in [6.45, 7) is 0. The molecule has 0 aliphatic heterocycles. The molecular formula is C16H15N3O2. The maximum atomic E-state index is 12.2. The number of carbonyl (C=O) groups is 1. The fraction of sp³-hybridized carbons (Fsp3) is 0.125. The molecule has 0 spiro atoms. The SMILES string of the molecule is COc1cccnc1NC(=O)Cc1c[nH]c2ccccc12. The molecule has 0 fully saturated rings. The van der Waals surface area contributed by atoms with Gasteiger partial charge in [0.25, 0.3) is 0 Å². The molecule has 5 heteroatoms. The van der Waals surface area contributed by atoms with Gasteiger partial charge in [0.05, 0.1) is 13.5 Å². The number of methoxy groups -OCH3 is 1. The number of H-pyrrole nitrogens is 1. The highest BCUT2D eigenvalue weighted by Gasteiger charge is 2.11. The highest BCUT2D eigenvalue weighted by molar-refractivity contribution is 5.95. The van der Waals surface area contributed by atoms with Gasteiger partial charge in [0.15, 0.2) is 11.6 Å². The van der Waals surface area contributed by atoms with E-state index in [0.29, 0.717) is 11.6 Å². The lowest BCUT2D eigenvalue weighted by molar-refractivity contribution is -0.115. The molecular weight excluding hydrogens is 266 g/mol. The predicted molar refractivity (Wildman–Crippen MR) is 81.4 cm³/mol. The molecule has 2 aromatic heterocycles. The molecule has 21 heavy (non-hydrogen) atoms. The van der Waals surface area contributed by atoms with Crippen molar-refractivity contribution in [1.29, 1.82) is 0 Å². The summed E-state index contributed by atoms with van der Waals surface area (Å²) < 4.78 is 5.17. The molecule has 3 rings (SSSR count). The molecule has 106 valence electrons. The molecule has 1 amide bonds. The van der Waals surface area contributed by atoms with Crippen LogP contribution in [0.15, 0.2) is 48.8 Å². The molecule has 3 aromatic rings. The van der Waals surface area contributed by atoms with E-state index in [-0.39, 0.29) is 12.3 Å². The van der Waals surface area contributed by atoms with Crippen LogP contribution in [0.1, 0.15) is 5.56 Å². The molecule has 0 radical (unpaired) electrons. The summed E-state index contributed by atoms with van der Waals surface area (Å²) in [6, 6.07) is 11.4. The van der Waals surface area contributed by atoms with Crippen LogP contribution in [0.2, 0.25) is 0 Å². The zero-order valence-electron chi connectivity index (χ0n) is 11.6. The smallest absolute Gasteiger partial charge is 0.230 e. The van der Waals surface area contributed by atoms with E-state index in [0.717, 1.165) is 16.5 Å². The molecule has 0 atom stereocenters. The zero-order valence-corrected chi connectivity index (χ0v) is 11.6. The van der Waals surface area contributed by atoms with Crippen LogP contribution < -0.4 is 10.1 Å². The summed E-state index contributed by atoms with van der Waals surface area (Å²) in [5.74, 6) is 0.853. The van der Waals surface area contributed by atoms with Crippen molar-refractivity contribution in [3.05, 3.63) is 54.4 Å². The maximum absolute atomic E-state index is 12.2. The van der Waals surface area contributed by atoms with Gasteiger partial charge in [-0.3, -0.25) is 4.79 Å². The second-order valence-corrected chi connectivity index (χ2v) is 4.64. The molecule has 2 N–H and O–H groups in total. The van der Waals surface area contributed by atoms with E-state index >= 15 is 0 Å². The van der Waals surface area contributed by atoms with Crippen LogP contribution in [0, 0.1) is 0 Å². The van der Waals surface area contributed by atoms with Crippen molar-refractivity contribution in [2.75, 3.05) is 12.4 Å². The monoisotopic (exact) mass is 281 g/mol. The summed E-state index contributed by atoms with van der Waals surface area (Å²) in [7, 11) is 1.55. The summed E-state index contributed by atoms with van der Waals surface area (Å²) in [4.78, 5) is 19.4. The average Bonchev–Trinajstić information content (AvgIpc) is 2.91. The lowest BCUT2D eigenvalue weighted by Crippen LogP contribution is -2.15. The second kappa shape index (κ2) is 5.66. The first-order valence-corrected chi connectivity index (χ1v) is 6.62. The number of nitrogens with one attached hydrogen (secondary N) is 2. The Hall–Kier alpha value is -2.82. The van der Waals surface area contributed by atoms with Crippen molar-refractivity contribution in [2.24, 2.45) is 0 Å². The Labute approximate surface area is 122 Å². The lowest BCUT2D eigenvalue weighted by Gasteiger charge is -2.08. The van der Waals surface area contributed by atoms with E-state index in [1.54, 1.807) is 25.4 Å². The number of rotatable bonds is 4. The number of benzene rings is 1. The number of aromatic amines is 1. The molecule has 0 unspecified atom stereocenters. The van der Waals surface area contributed by atoms with Crippen LogP contribution in [-0.4, -0.2) is 23.0 Å². The van der Waals surface area contributed by atoms with Crippen molar-refractivity contribution in [3.63, 3.8) is 0 Å². The van der Waals surface area contributed by atoms with E-state index in [4.69, 9.17) is 4.74 Å². The third-order valence-electron chi connectivity index (χ3n) is 3.27. The van der Waals surface area contributed by atoms with Gasteiger partial charge in [0.2, 0.25) is 5.91 Å². The van der Waals surface area contributed by atoms with Crippen molar-refractivity contribution < 1.29 is 9.53 Å². The van der Waals surface area contributed by atoms with Gasteiger partial charge in [0, 0.05) is 23.3 Å². The van der Waals surface area contributed by atoms with Gasteiger partial charge in [0.1, 0.15) is 0 Å². The van der Waals surface area contributed by atoms with E-state index in [9.17, 15) is 4.79 Å². The van der Waals surface area contributed by atoms with E-state index in [2.05, 4.69) is 15.3 Å². The molecule has 5 nitrogen and oxygen atoms in total. The number of carbonyl (C=O) groups excluding carboxylic acids is 1. The molecule has 1 aromatic carbocycles. The lowest BCUT2D eigenvalue weighted by atomic mass is 10.1. The number of anilines is 1. The highest BCUT2D eigenvalue weighted by atomic mass is 16.5. The van der Waals surface area contributed by atoms with Crippen LogP contribution in [-0.2, 0) is 11.2 Å². The Balaban J connectivity index is 1.77. The predicted octanol–water partition coefficient (Wildman–Crippen LogP) is 2.75. The van der Waals surface area contributed by atoms with E-state index in [1.807, 2.05) is 30.5 Å². The maximum Gasteiger partial charge on any atom is 0.230 e. The average molecular weight is 281 g/mol. The first-order valence-electron chi connectivity index (χ1n) is 6.62.